The first kappa shape index (κ1) is 11.9. The Morgan fingerprint density at radius 3 is 2.69 bits per heavy atom. The van der Waals surface area contributed by atoms with Crippen LogP contribution in [0.25, 0.3) is 0 Å². The van der Waals surface area contributed by atoms with Crippen LogP contribution in [0, 0.1) is 17.1 Å². The minimum Gasteiger partial charge on any atom is -0.496 e. The molecule has 6 heteroatoms. The van der Waals surface area contributed by atoms with Crippen molar-refractivity contribution in [2.24, 2.45) is 0 Å². The van der Waals surface area contributed by atoms with Crippen LogP contribution < -0.4 is 4.74 Å². The molecule has 0 aliphatic carbocycles. The van der Waals surface area contributed by atoms with Crippen LogP contribution in [0.3, 0.4) is 0 Å². The summed E-state index contributed by atoms with van der Waals surface area (Å²) in [5.74, 6) is -2.54. The molecule has 0 fully saturated rings. The van der Waals surface area contributed by atoms with Gasteiger partial charge in [-0.25, -0.2) is 9.18 Å². The quantitative estimate of drug-likeness (QED) is 0.794. The third-order valence-corrected chi connectivity index (χ3v) is 1.99. The molecule has 84 valence electrons. The number of nitriles is 1. The van der Waals surface area contributed by atoms with E-state index >= 15 is 0 Å². The smallest absolute Gasteiger partial charge is 0.337 e. The van der Waals surface area contributed by atoms with Crippen LogP contribution in [0.4, 0.5) is 4.39 Å². The summed E-state index contributed by atoms with van der Waals surface area (Å²) >= 11 is 0. The molecular weight excluding hydrogens is 217 g/mol. The van der Waals surface area contributed by atoms with Gasteiger partial charge in [0.1, 0.15) is 17.6 Å². The Kier molecular flexibility index (Phi) is 3.43. The van der Waals surface area contributed by atoms with Gasteiger partial charge in [-0.15, -0.1) is 0 Å². The lowest BCUT2D eigenvalue weighted by atomic mass is 10.0. The predicted octanol–water partition coefficient (Wildman–Crippen LogP) is 0.824. The maximum absolute atomic E-state index is 13.2. The monoisotopic (exact) mass is 225 g/mol. The molecule has 5 nitrogen and oxygen atoms in total. The minimum absolute atomic E-state index is 0.0483. The number of rotatable bonds is 3. The van der Waals surface area contributed by atoms with E-state index in [1.807, 2.05) is 0 Å². The van der Waals surface area contributed by atoms with Crippen LogP contribution in [-0.2, 0) is 4.79 Å². The first-order valence-electron chi connectivity index (χ1n) is 4.20. The van der Waals surface area contributed by atoms with Gasteiger partial charge in [0.05, 0.1) is 18.2 Å². The van der Waals surface area contributed by atoms with Crippen molar-refractivity contribution < 1.29 is 24.1 Å². The Hall–Kier alpha value is -2.13. The Labute approximate surface area is 90.3 Å². The van der Waals surface area contributed by atoms with Gasteiger partial charge in [-0.1, -0.05) is 0 Å². The van der Waals surface area contributed by atoms with E-state index in [2.05, 4.69) is 0 Å². The molecule has 16 heavy (non-hydrogen) atoms. The van der Waals surface area contributed by atoms with Crippen molar-refractivity contribution in [2.75, 3.05) is 7.11 Å². The van der Waals surface area contributed by atoms with Gasteiger partial charge in [-0.2, -0.15) is 5.26 Å². The fourth-order valence-corrected chi connectivity index (χ4v) is 1.26. The van der Waals surface area contributed by atoms with E-state index in [9.17, 15) is 14.3 Å². The molecule has 0 spiro atoms. The number of aliphatic carboxylic acids is 1. The highest BCUT2D eigenvalue weighted by atomic mass is 19.1. The number of benzene rings is 1. The summed E-state index contributed by atoms with van der Waals surface area (Å²) in [6.45, 7) is 0. The van der Waals surface area contributed by atoms with Crippen molar-refractivity contribution in [3.63, 3.8) is 0 Å². The number of hydrogen-bond donors (Lipinski definition) is 2. The van der Waals surface area contributed by atoms with Crippen LogP contribution in [0.1, 0.15) is 17.2 Å². The van der Waals surface area contributed by atoms with Crippen molar-refractivity contribution in [2.45, 2.75) is 6.10 Å². The number of ether oxygens (including phenoxy) is 1. The zero-order valence-electron chi connectivity index (χ0n) is 8.27. The van der Waals surface area contributed by atoms with E-state index in [1.165, 1.54) is 13.2 Å². The average molecular weight is 225 g/mol. The third kappa shape index (κ3) is 1.94. The molecule has 2 N–H and O–H groups in total. The largest absolute Gasteiger partial charge is 0.496 e. The SMILES string of the molecule is COc1ccc(F)c(C#N)c1C(O)C(=O)O. The zero-order chi connectivity index (χ0) is 12.3. The van der Waals surface area contributed by atoms with E-state index in [1.54, 1.807) is 0 Å². The Morgan fingerprint density at radius 1 is 1.62 bits per heavy atom. The molecule has 0 radical (unpaired) electrons. The average Bonchev–Trinajstić information content (AvgIpc) is 2.27. The third-order valence-electron chi connectivity index (χ3n) is 1.99. The second-order valence-electron chi connectivity index (χ2n) is 2.89. The Bertz CT molecular complexity index is 467. The topological polar surface area (TPSA) is 90.5 Å². The normalized spacial score (nSPS) is 11.6. The molecule has 1 rings (SSSR count). The van der Waals surface area contributed by atoms with E-state index in [0.29, 0.717) is 0 Å². The summed E-state index contributed by atoms with van der Waals surface area (Å²) in [6, 6.07) is 3.61. The zero-order valence-corrected chi connectivity index (χ0v) is 8.27. The van der Waals surface area contributed by atoms with Crippen molar-refractivity contribution >= 4 is 5.97 Å². The fraction of sp³-hybridized carbons (Fsp3) is 0.200. The molecule has 0 saturated heterocycles. The second-order valence-corrected chi connectivity index (χ2v) is 2.89. The molecule has 0 aromatic heterocycles. The molecular formula is C10H8FNO4. The van der Waals surface area contributed by atoms with E-state index in [4.69, 9.17) is 15.1 Å². The molecule has 1 aromatic rings. The number of aliphatic hydroxyl groups excluding tert-OH is 1. The molecule has 0 saturated carbocycles. The minimum atomic E-state index is -2.00. The Morgan fingerprint density at radius 2 is 2.25 bits per heavy atom. The van der Waals surface area contributed by atoms with Gasteiger partial charge >= 0.3 is 5.97 Å². The Balaban J connectivity index is 3.49. The van der Waals surface area contributed by atoms with E-state index in [0.717, 1.165) is 12.1 Å². The summed E-state index contributed by atoms with van der Waals surface area (Å²) in [7, 11) is 1.23. The number of hydrogen-bond acceptors (Lipinski definition) is 4. The molecule has 0 aliphatic heterocycles. The molecule has 0 aliphatic rings. The van der Waals surface area contributed by atoms with Crippen LogP contribution in [-0.4, -0.2) is 23.3 Å². The maximum atomic E-state index is 13.2. The molecule has 1 aromatic carbocycles. The van der Waals surface area contributed by atoms with Gasteiger partial charge in [0.25, 0.3) is 0 Å². The van der Waals surface area contributed by atoms with Crippen LogP contribution >= 0.6 is 0 Å². The summed E-state index contributed by atoms with van der Waals surface area (Å²) in [4.78, 5) is 10.6. The first-order valence-corrected chi connectivity index (χ1v) is 4.20. The van der Waals surface area contributed by atoms with Crippen molar-refractivity contribution in [3.8, 4) is 11.8 Å². The number of carboxylic acid groups (broad SMARTS) is 1. The first-order chi connectivity index (χ1) is 7.52. The number of nitrogens with zero attached hydrogens (tertiary/aromatic N) is 1. The van der Waals surface area contributed by atoms with Crippen molar-refractivity contribution in [1.82, 2.24) is 0 Å². The highest BCUT2D eigenvalue weighted by Gasteiger charge is 2.26. The lowest BCUT2D eigenvalue weighted by molar-refractivity contribution is -0.147. The summed E-state index contributed by atoms with van der Waals surface area (Å²) < 4.78 is 18.0. The maximum Gasteiger partial charge on any atom is 0.337 e. The second kappa shape index (κ2) is 4.59. The lowest BCUT2D eigenvalue weighted by Gasteiger charge is -2.13. The lowest BCUT2D eigenvalue weighted by Crippen LogP contribution is -2.14. The standard InChI is InChI=1S/C10H8FNO4/c1-16-7-3-2-6(11)5(4-12)8(7)9(13)10(14)15/h2-3,9,13H,1H3,(H,14,15). The van der Waals surface area contributed by atoms with Gasteiger partial charge in [0, 0.05) is 0 Å². The molecule has 0 bridgehead atoms. The summed E-state index contributed by atoms with van der Waals surface area (Å²) in [6.07, 6.45) is -2.00. The van der Waals surface area contributed by atoms with Gasteiger partial charge in [-0.05, 0) is 12.1 Å². The molecule has 0 heterocycles. The van der Waals surface area contributed by atoms with Gasteiger partial charge in [0.15, 0.2) is 6.10 Å². The van der Waals surface area contributed by atoms with Crippen LogP contribution in [0.5, 0.6) is 5.75 Å². The van der Waals surface area contributed by atoms with Crippen molar-refractivity contribution in [3.05, 3.63) is 29.1 Å². The number of carbonyl (C=O) groups is 1. The van der Waals surface area contributed by atoms with E-state index in [-0.39, 0.29) is 11.3 Å². The van der Waals surface area contributed by atoms with Crippen molar-refractivity contribution in [1.29, 1.82) is 5.26 Å². The molecule has 1 unspecified atom stereocenters. The van der Waals surface area contributed by atoms with Crippen LogP contribution in [0.15, 0.2) is 12.1 Å². The number of carboxylic acids is 1. The highest BCUT2D eigenvalue weighted by Crippen LogP contribution is 2.30. The summed E-state index contributed by atoms with van der Waals surface area (Å²) in [5.41, 5.74) is -0.910. The van der Waals surface area contributed by atoms with Gasteiger partial charge in [-0.3, -0.25) is 0 Å². The molecule has 1 atom stereocenters. The number of halogens is 1. The predicted molar refractivity (Wildman–Crippen MR) is 50.3 cm³/mol. The number of aliphatic hydroxyl groups is 1. The summed E-state index contributed by atoms with van der Waals surface area (Å²) in [5, 5.41) is 26.7. The van der Waals surface area contributed by atoms with Gasteiger partial charge in [0.2, 0.25) is 0 Å². The van der Waals surface area contributed by atoms with Crippen LogP contribution in [0.2, 0.25) is 0 Å². The van der Waals surface area contributed by atoms with Gasteiger partial charge < -0.3 is 14.9 Å². The fourth-order valence-electron chi connectivity index (χ4n) is 1.26. The number of methoxy groups -OCH3 is 1. The van der Waals surface area contributed by atoms with E-state index < -0.39 is 23.5 Å². The molecule has 0 amide bonds. The highest BCUT2D eigenvalue weighted by molar-refractivity contribution is 5.76.